The highest BCUT2D eigenvalue weighted by molar-refractivity contribution is 6.29. The molecule has 0 bridgehead atoms. The molecular formula is C17H27ClN2O. The predicted molar refractivity (Wildman–Crippen MR) is 88.1 cm³/mol. The number of aromatic nitrogens is 2. The molecule has 0 saturated heterocycles. The summed E-state index contributed by atoms with van der Waals surface area (Å²) < 4.78 is 1.85. The first kappa shape index (κ1) is 16.5. The van der Waals surface area contributed by atoms with Crippen molar-refractivity contribution in [3.63, 3.8) is 0 Å². The summed E-state index contributed by atoms with van der Waals surface area (Å²) in [5.41, 5.74) is 0.0137. The molecular weight excluding hydrogens is 284 g/mol. The molecule has 0 unspecified atom stereocenters. The van der Waals surface area contributed by atoms with Crippen LogP contribution in [0.4, 0.5) is 0 Å². The predicted octanol–water partition coefficient (Wildman–Crippen LogP) is 4.91. The zero-order chi connectivity index (χ0) is 15.1. The normalized spacial score (nSPS) is 14.6. The summed E-state index contributed by atoms with van der Waals surface area (Å²) in [5, 5.41) is 0.342. The van der Waals surface area contributed by atoms with E-state index in [0.717, 1.165) is 31.6 Å². The van der Waals surface area contributed by atoms with Crippen LogP contribution in [0.25, 0.3) is 0 Å². The van der Waals surface area contributed by atoms with Gasteiger partial charge in [0.05, 0.1) is 0 Å². The van der Waals surface area contributed by atoms with Crippen LogP contribution >= 0.6 is 11.6 Å². The monoisotopic (exact) mass is 310 g/mol. The third-order valence-corrected chi connectivity index (χ3v) is 4.38. The van der Waals surface area contributed by atoms with Crippen molar-refractivity contribution >= 4 is 11.6 Å². The quantitative estimate of drug-likeness (QED) is 0.454. The van der Waals surface area contributed by atoms with Crippen LogP contribution in [-0.4, -0.2) is 9.55 Å². The zero-order valence-electron chi connectivity index (χ0n) is 13.1. The van der Waals surface area contributed by atoms with Crippen LogP contribution in [0, 0.1) is 0 Å². The first-order valence-electron chi connectivity index (χ1n) is 8.49. The smallest absolute Gasteiger partial charge is 0.254 e. The van der Waals surface area contributed by atoms with Gasteiger partial charge in [0, 0.05) is 18.5 Å². The first-order valence-corrected chi connectivity index (χ1v) is 8.87. The molecule has 1 aliphatic rings. The van der Waals surface area contributed by atoms with Gasteiger partial charge in [-0.05, 0) is 19.3 Å². The van der Waals surface area contributed by atoms with Crippen molar-refractivity contribution in [3.8, 4) is 0 Å². The number of unbranched alkanes of at least 4 members (excludes halogenated alkanes) is 7. The summed E-state index contributed by atoms with van der Waals surface area (Å²) in [6.07, 6.45) is 12.5. The van der Waals surface area contributed by atoms with Gasteiger partial charge in [-0.15, -0.1) is 0 Å². The van der Waals surface area contributed by atoms with Crippen molar-refractivity contribution in [3.05, 3.63) is 27.4 Å². The summed E-state index contributed by atoms with van der Waals surface area (Å²) in [7, 11) is 0. The number of halogens is 1. The summed E-state index contributed by atoms with van der Waals surface area (Å²) in [5.74, 6) is 1.38. The van der Waals surface area contributed by atoms with Crippen LogP contribution < -0.4 is 5.56 Å². The van der Waals surface area contributed by atoms with Gasteiger partial charge in [0.2, 0.25) is 0 Å². The van der Waals surface area contributed by atoms with E-state index in [-0.39, 0.29) is 5.56 Å². The van der Waals surface area contributed by atoms with Gasteiger partial charge in [0.15, 0.2) is 0 Å². The van der Waals surface area contributed by atoms with Gasteiger partial charge in [0.25, 0.3) is 5.56 Å². The number of hydrogen-bond acceptors (Lipinski definition) is 2. The van der Waals surface area contributed by atoms with Crippen LogP contribution in [0.15, 0.2) is 10.9 Å². The van der Waals surface area contributed by atoms with Crippen molar-refractivity contribution < 1.29 is 0 Å². The van der Waals surface area contributed by atoms with Gasteiger partial charge < -0.3 is 0 Å². The molecule has 0 N–H and O–H groups in total. The maximum atomic E-state index is 12.1. The summed E-state index contributed by atoms with van der Waals surface area (Å²) in [6.45, 7) is 3.04. The molecule has 0 atom stereocenters. The fourth-order valence-electron chi connectivity index (χ4n) is 2.78. The minimum atomic E-state index is 0.0137. The Kier molecular flexibility index (Phi) is 6.75. The highest BCUT2D eigenvalue weighted by atomic mass is 35.5. The molecule has 0 amide bonds. The lowest BCUT2D eigenvalue weighted by molar-refractivity contribution is 0.521. The lowest BCUT2D eigenvalue weighted by Gasteiger charge is -2.11. The number of hydrogen-bond donors (Lipinski definition) is 0. The molecule has 1 aliphatic carbocycles. The average molecular weight is 311 g/mol. The molecule has 21 heavy (non-hydrogen) atoms. The van der Waals surface area contributed by atoms with Gasteiger partial charge >= 0.3 is 0 Å². The zero-order valence-corrected chi connectivity index (χ0v) is 13.9. The minimum absolute atomic E-state index is 0.0137. The minimum Gasteiger partial charge on any atom is -0.296 e. The molecule has 1 fully saturated rings. The highest BCUT2D eigenvalue weighted by Gasteiger charge is 2.28. The fraction of sp³-hybridized carbons (Fsp3) is 0.765. The standard InChI is InChI=1S/C17H27ClN2O/c1-2-3-4-5-6-7-8-9-12-20-16(21)13-15(18)19-17(20)14-10-11-14/h13-14H,2-12H2,1H3. The van der Waals surface area contributed by atoms with Crippen molar-refractivity contribution in [2.75, 3.05) is 0 Å². The van der Waals surface area contributed by atoms with E-state index in [4.69, 9.17) is 11.6 Å². The maximum absolute atomic E-state index is 12.1. The van der Waals surface area contributed by atoms with E-state index in [0.29, 0.717) is 11.1 Å². The SMILES string of the molecule is CCCCCCCCCCn1c(C2CC2)nc(Cl)cc1=O. The largest absolute Gasteiger partial charge is 0.296 e. The van der Waals surface area contributed by atoms with E-state index in [1.165, 1.54) is 51.0 Å². The molecule has 1 saturated carbocycles. The molecule has 1 aromatic heterocycles. The van der Waals surface area contributed by atoms with Gasteiger partial charge in [-0.25, -0.2) is 4.98 Å². The van der Waals surface area contributed by atoms with E-state index in [1.54, 1.807) is 0 Å². The molecule has 4 heteroatoms. The molecule has 0 radical (unpaired) electrons. The molecule has 2 rings (SSSR count). The lowest BCUT2D eigenvalue weighted by atomic mass is 10.1. The van der Waals surface area contributed by atoms with E-state index in [9.17, 15) is 4.79 Å². The van der Waals surface area contributed by atoms with Crippen molar-refractivity contribution in [2.45, 2.75) is 83.6 Å². The van der Waals surface area contributed by atoms with E-state index < -0.39 is 0 Å². The number of rotatable bonds is 10. The third kappa shape index (κ3) is 5.46. The fourth-order valence-corrected chi connectivity index (χ4v) is 2.96. The van der Waals surface area contributed by atoms with Crippen LogP contribution in [0.5, 0.6) is 0 Å². The Labute approximate surface area is 132 Å². The van der Waals surface area contributed by atoms with Gasteiger partial charge in [-0.3, -0.25) is 9.36 Å². The summed E-state index contributed by atoms with van der Waals surface area (Å²) in [4.78, 5) is 16.4. The van der Waals surface area contributed by atoms with Crippen LogP contribution in [0.3, 0.4) is 0 Å². The molecule has 1 heterocycles. The van der Waals surface area contributed by atoms with Crippen molar-refractivity contribution in [1.82, 2.24) is 9.55 Å². The van der Waals surface area contributed by atoms with E-state index in [2.05, 4.69) is 11.9 Å². The van der Waals surface area contributed by atoms with Gasteiger partial charge in [-0.1, -0.05) is 63.5 Å². The van der Waals surface area contributed by atoms with E-state index in [1.807, 2.05) is 4.57 Å². The Morgan fingerprint density at radius 2 is 1.76 bits per heavy atom. The Bertz CT molecular complexity index is 494. The summed E-state index contributed by atoms with van der Waals surface area (Å²) in [6, 6.07) is 1.44. The number of nitrogens with zero attached hydrogens (tertiary/aromatic N) is 2. The van der Waals surface area contributed by atoms with Gasteiger partial charge in [0.1, 0.15) is 11.0 Å². The topological polar surface area (TPSA) is 34.9 Å². The second-order valence-corrected chi connectivity index (χ2v) is 6.56. The summed E-state index contributed by atoms with van der Waals surface area (Å²) >= 11 is 5.91. The molecule has 3 nitrogen and oxygen atoms in total. The lowest BCUT2D eigenvalue weighted by Crippen LogP contribution is -2.24. The molecule has 1 aromatic rings. The third-order valence-electron chi connectivity index (χ3n) is 4.18. The van der Waals surface area contributed by atoms with E-state index >= 15 is 0 Å². The Morgan fingerprint density at radius 1 is 1.14 bits per heavy atom. The molecule has 118 valence electrons. The average Bonchev–Trinajstić information content (AvgIpc) is 3.27. The Balaban J connectivity index is 1.74. The molecule has 0 aliphatic heterocycles. The van der Waals surface area contributed by atoms with Crippen molar-refractivity contribution in [2.24, 2.45) is 0 Å². The van der Waals surface area contributed by atoms with Crippen LogP contribution in [0.1, 0.15) is 82.9 Å². The Morgan fingerprint density at radius 3 is 2.38 bits per heavy atom. The second-order valence-electron chi connectivity index (χ2n) is 6.18. The first-order chi connectivity index (χ1) is 10.2. The van der Waals surface area contributed by atoms with Crippen LogP contribution in [-0.2, 0) is 6.54 Å². The van der Waals surface area contributed by atoms with Crippen LogP contribution in [0.2, 0.25) is 5.15 Å². The highest BCUT2D eigenvalue weighted by Crippen LogP contribution is 2.38. The Hall–Kier alpha value is -0.830. The maximum Gasteiger partial charge on any atom is 0.254 e. The molecule has 0 aromatic carbocycles. The second kappa shape index (κ2) is 8.57. The van der Waals surface area contributed by atoms with Gasteiger partial charge in [-0.2, -0.15) is 0 Å². The van der Waals surface area contributed by atoms with Crippen molar-refractivity contribution in [1.29, 1.82) is 0 Å². The molecule has 0 spiro atoms.